The van der Waals surface area contributed by atoms with E-state index in [1.165, 1.54) is 5.56 Å². The molecule has 0 amide bonds. The molecule has 0 aliphatic heterocycles. The Morgan fingerprint density at radius 2 is 2.60 bits per heavy atom. The highest BCUT2D eigenvalue weighted by atomic mass is 32.1. The molecular weight excluding hydrogens is 146 g/mol. The molecular formula is C7H11NOS. The van der Waals surface area contributed by atoms with Gasteiger partial charge in [0.25, 0.3) is 0 Å². The minimum absolute atomic E-state index is 0.148. The second-order valence-corrected chi connectivity index (χ2v) is 3.15. The lowest BCUT2D eigenvalue weighted by atomic mass is 10.1. The summed E-state index contributed by atoms with van der Waals surface area (Å²) in [7, 11) is 0. The van der Waals surface area contributed by atoms with Gasteiger partial charge in [0, 0.05) is 6.04 Å². The van der Waals surface area contributed by atoms with E-state index >= 15 is 0 Å². The lowest BCUT2D eigenvalue weighted by Crippen LogP contribution is -2.23. The van der Waals surface area contributed by atoms with Crippen molar-refractivity contribution in [2.75, 3.05) is 0 Å². The molecule has 0 aromatic carbocycles. The molecule has 0 bridgehead atoms. The highest BCUT2D eigenvalue weighted by molar-refractivity contribution is 7.07. The van der Waals surface area contributed by atoms with Crippen LogP contribution >= 0.6 is 11.3 Å². The Balaban J connectivity index is 2.40. The first kappa shape index (κ1) is 7.72. The highest BCUT2D eigenvalue weighted by Gasteiger charge is 2.00. The summed E-state index contributed by atoms with van der Waals surface area (Å²) in [6.45, 7) is 1.94. The lowest BCUT2D eigenvalue weighted by Gasteiger charge is -2.05. The first-order chi connectivity index (χ1) is 4.83. The smallest absolute Gasteiger partial charge is 0.0332 e. The molecule has 1 rings (SSSR count). The second kappa shape index (κ2) is 3.71. The van der Waals surface area contributed by atoms with Gasteiger partial charge in [-0.2, -0.15) is 11.3 Å². The fourth-order valence-corrected chi connectivity index (χ4v) is 1.49. The molecule has 1 aromatic heterocycles. The average Bonchev–Trinajstić information content (AvgIpc) is 2.40. The molecule has 1 heterocycles. The fourth-order valence-electron chi connectivity index (χ4n) is 0.808. The first-order valence-corrected chi connectivity index (χ1v) is 4.18. The number of rotatable bonds is 3. The van der Waals surface area contributed by atoms with Crippen molar-refractivity contribution in [1.82, 2.24) is 5.48 Å². The van der Waals surface area contributed by atoms with Gasteiger partial charge in [-0.05, 0) is 35.7 Å². The van der Waals surface area contributed by atoms with Gasteiger partial charge in [0.2, 0.25) is 0 Å². The van der Waals surface area contributed by atoms with Crippen LogP contribution in [0.2, 0.25) is 0 Å². The Kier molecular flexibility index (Phi) is 2.86. The zero-order valence-electron chi connectivity index (χ0n) is 5.87. The topological polar surface area (TPSA) is 32.3 Å². The van der Waals surface area contributed by atoms with E-state index in [4.69, 9.17) is 5.21 Å². The molecule has 3 heteroatoms. The van der Waals surface area contributed by atoms with E-state index in [1.54, 1.807) is 11.3 Å². The Morgan fingerprint density at radius 1 is 1.80 bits per heavy atom. The van der Waals surface area contributed by atoms with Crippen LogP contribution in [-0.4, -0.2) is 11.2 Å². The highest BCUT2D eigenvalue weighted by Crippen LogP contribution is 2.07. The van der Waals surface area contributed by atoms with Crippen molar-refractivity contribution in [1.29, 1.82) is 0 Å². The van der Waals surface area contributed by atoms with Crippen LogP contribution in [0, 0.1) is 0 Å². The van der Waals surface area contributed by atoms with E-state index in [0.717, 1.165) is 6.42 Å². The van der Waals surface area contributed by atoms with Gasteiger partial charge >= 0.3 is 0 Å². The molecule has 56 valence electrons. The summed E-state index contributed by atoms with van der Waals surface area (Å²) in [5.74, 6) is 0. The van der Waals surface area contributed by atoms with Crippen LogP contribution in [0.3, 0.4) is 0 Å². The number of hydrogen-bond acceptors (Lipinski definition) is 3. The van der Waals surface area contributed by atoms with Crippen LogP contribution < -0.4 is 5.48 Å². The lowest BCUT2D eigenvalue weighted by molar-refractivity contribution is 0.133. The minimum Gasteiger partial charge on any atom is -0.317 e. The summed E-state index contributed by atoms with van der Waals surface area (Å²) in [5, 5.41) is 12.6. The molecule has 0 aliphatic carbocycles. The van der Waals surface area contributed by atoms with Gasteiger partial charge in [-0.3, -0.25) is 0 Å². The molecule has 0 saturated heterocycles. The van der Waals surface area contributed by atoms with E-state index < -0.39 is 0 Å². The predicted molar refractivity (Wildman–Crippen MR) is 42.4 cm³/mol. The van der Waals surface area contributed by atoms with Crippen molar-refractivity contribution in [2.45, 2.75) is 19.4 Å². The summed E-state index contributed by atoms with van der Waals surface area (Å²) in [5.41, 5.74) is 3.48. The minimum atomic E-state index is 0.148. The van der Waals surface area contributed by atoms with Crippen LogP contribution in [0.25, 0.3) is 0 Å². The third-order valence-corrected chi connectivity index (χ3v) is 2.07. The molecule has 0 unspecified atom stereocenters. The Hall–Kier alpha value is -0.380. The Bertz CT molecular complexity index is 174. The maximum Gasteiger partial charge on any atom is 0.0332 e. The van der Waals surface area contributed by atoms with E-state index in [9.17, 15) is 0 Å². The van der Waals surface area contributed by atoms with Gasteiger partial charge in [-0.15, -0.1) is 0 Å². The normalized spacial score (nSPS) is 13.4. The summed E-state index contributed by atoms with van der Waals surface area (Å²) in [4.78, 5) is 0. The van der Waals surface area contributed by atoms with Crippen molar-refractivity contribution < 1.29 is 5.21 Å². The SMILES string of the molecule is C[C@@H](Cc1ccsc1)NO. The van der Waals surface area contributed by atoms with E-state index in [2.05, 4.69) is 16.9 Å². The van der Waals surface area contributed by atoms with Crippen molar-refractivity contribution in [3.63, 3.8) is 0 Å². The van der Waals surface area contributed by atoms with E-state index in [1.807, 2.05) is 12.3 Å². The molecule has 0 spiro atoms. The van der Waals surface area contributed by atoms with Gasteiger partial charge in [0.1, 0.15) is 0 Å². The van der Waals surface area contributed by atoms with Gasteiger partial charge in [-0.25, -0.2) is 5.48 Å². The predicted octanol–water partition coefficient (Wildman–Crippen LogP) is 1.66. The summed E-state index contributed by atoms with van der Waals surface area (Å²) >= 11 is 1.68. The molecule has 0 fully saturated rings. The summed E-state index contributed by atoms with van der Waals surface area (Å²) in [6, 6.07) is 2.22. The molecule has 0 saturated carbocycles. The molecule has 0 radical (unpaired) electrons. The zero-order valence-corrected chi connectivity index (χ0v) is 6.69. The first-order valence-electron chi connectivity index (χ1n) is 3.23. The Labute approximate surface area is 64.5 Å². The molecule has 1 aromatic rings. The van der Waals surface area contributed by atoms with Crippen molar-refractivity contribution >= 4 is 11.3 Å². The number of hydroxylamine groups is 1. The molecule has 2 nitrogen and oxygen atoms in total. The maximum atomic E-state index is 8.49. The van der Waals surface area contributed by atoms with Crippen LogP contribution in [-0.2, 0) is 6.42 Å². The maximum absolute atomic E-state index is 8.49. The molecule has 1 atom stereocenters. The Morgan fingerprint density at radius 3 is 3.10 bits per heavy atom. The monoisotopic (exact) mass is 157 g/mol. The van der Waals surface area contributed by atoms with Crippen LogP contribution in [0.15, 0.2) is 16.8 Å². The van der Waals surface area contributed by atoms with Crippen LogP contribution in [0.4, 0.5) is 0 Å². The number of thiophene rings is 1. The summed E-state index contributed by atoms with van der Waals surface area (Å²) in [6.07, 6.45) is 0.889. The molecule has 0 aliphatic rings. The van der Waals surface area contributed by atoms with Crippen molar-refractivity contribution in [3.05, 3.63) is 22.4 Å². The third kappa shape index (κ3) is 2.10. The second-order valence-electron chi connectivity index (χ2n) is 2.37. The van der Waals surface area contributed by atoms with Gasteiger partial charge in [-0.1, -0.05) is 0 Å². The third-order valence-electron chi connectivity index (χ3n) is 1.34. The van der Waals surface area contributed by atoms with Crippen molar-refractivity contribution in [3.8, 4) is 0 Å². The van der Waals surface area contributed by atoms with Crippen LogP contribution in [0.1, 0.15) is 12.5 Å². The van der Waals surface area contributed by atoms with Gasteiger partial charge in [0.15, 0.2) is 0 Å². The van der Waals surface area contributed by atoms with E-state index in [-0.39, 0.29) is 6.04 Å². The number of nitrogens with one attached hydrogen (secondary N) is 1. The molecule has 10 heavy (non-hydrogen) atoms. The van der Waals surface area contributed by atoms with E-state index in [0.29, 0.717) is 0 Å². The quantitative estimate of drug-likeness (QED) is 0.654. The number of hydrogen-bond donors (Lipinski definition) is 2. The van der Waals surface area contributed by atoms with Crippen molar-refractivity contribution in [2.24, 2.45) is 0 Å². The average molecular weight is 157 g/mol. The van der Waals surface area contributed by atoms with Gasteiger partial charge in [0.05, 0.1) is 0 Å². The molecule has 2 N–H and O–H groups in total. The van der Waals surface area contributed by atoms with Gasteiger partial charge < -0.3 is 5.21 Å². The zero-order chi connectivity index (χ0) is 7.40. The fraction of sp³-hybridized carbons (Fsp3) is 0.429. The largest absolute Gasteiger partial charge is 0.317 e. The van der Waals surface area contributed by atoms with Crippen LogP contribution in [0.5, 0.6) is 0 Å². The summed E-state index contributed by atoms with van der Waals surface area (Å²) < 4.78 is 0. The standard InChI is InChI=1S/C7H11NOS/c1-6(8-9)4-7-2-3-10-5-7/h2-3,5-6,8-9H,4H2,1H3/t6-/m0/s1.